The van der Waals surface area contributed by atoms with Crippen molar-refractivity contribution in [3.8, 4) is 0 Å². The first kappa shape index (κ1) is 32.2. The summed E-state index contributed by atoms with van der Waals surface area (Å²) in [7, 11) is -4.01. The van der Waals surface area contributed by atoms with Crippen LogP contribution < -0.4 is 10.5 Å². The Morgan fingerprint density at radius 1 is 0.909 bits per heavy atom. The molecule has 244 valence electrons. The van der Waals surface area contributed by atoms with Crippen LogP contribution in [0.3, 0.4) is 0 Å². The molecule has 44 heavy (non-hydrogen) atoms. The number of rotatable bonds is 5. The van der Waals surface area contributed by atoms with Crippen molar-refractivity contribution in [3.05, 3.63) is 47.5 Å². The fraction of sp³-hybridized carbons (Fsp3) is 0.757. The van der Waals surface area contributed by atoms with E-state index in [4.69, 9.17) is 9.32 Å². The van der Waals surface area contributed by atoms with E-state index in [1.165, 1.54) is 0 Å². The molecular formula is C37H56N2O4S. The molecule has 5 aliphatic rings. The highest BCUT2D eigenvalue weighted by atomic mass is 32.2. The van der Waals surface area contributed by atoms with Crippen molar-refractivity contribution in [1.29, 1.82) is 0 Å². The molecule has 6 nitrogen and oxygen atoms in total. The predicted molar refractivity (Wildman–Crippen MR) is 175 cm³/mol. The lowest BCUT2D eigenvalue weighted by Gasteiger charge is -2.71. The lowest BCUT2D eigenvalue weighted by molar-refractivity contribution is -0.199. The highest BCUT2D eigenvalue weighted by Crippen LogP contribution is 2.75. The van der Waals surface area contributed by atoms with E-state index < -0.39 is 10.3 Å². The van der Waals surface area contributed by atoms with Crippen LogP contribution >= 0.6 is 0 Å². The van der Waals surface area contributed by atoms with Crippen LogP contribution in [0, 0.1) is 50.2 Å². The Kier molecular flexibility index (Phi) is 7.62. The fourth-order valence-electron chi connectivity index (χ4n) is 11.9. The van der Waals surface area contributed by atoms with Gasteiger partial charge in [-0.15, -0.1) is 0 Å². The van der Waals surface area contributed by atoms with Gasteiger partial charge in [0.1, 0.15) is 0 Å². The molecule has 3 N–H and O–H groups in total. The molecule has 1 aromatic rings. The molecule has 0 bridgehead atoms. The molecule has 4 fully saturated rings. The minimum atomic E-state index is -4.01. The second kappa shape index (κ2) is 10.4. The van der Waals surface area contributed by atoms with Crippen LogP contribution in [0.15, 0.2) is 42.0 Å². The molecule has 7 heteroatoms. The van der Waals surface area contributed by atoms with Crippen molar-refractivity contribution in [1.82, 2.24) is 5.32 Å². The first-order valence-corrected chi connectivity index (χ1v) is 18.6. The summed E-state index contributed by atoms with van der Waals surface area (Å²) in [6.07, 6.45) is 12.2. The number of amides is 1. The van der Waals surface area contributed by atoms with Crippen molar-refractivity contribution < 1.29 is 17.4 Å². The summed E-state index contributed by atoms with van der Waals surface area (Å²) in [5, 5.41) is 8.78. The zero-order valence-corrected chi connectivity index (χ0v) is 29.0. The topological polar surface area (TPSA) is 98.5 Å². The highest BCUT2D eigenvalue weighted by molar-refractivity contribution is 7.84. The van der Waals surface area contributed by atoms with Crippen LogP contribution in [-0.2, 0) is 25.8 Å². The number of carbonyl (C=O) groups is 1. The smallest absolute Gasteiger partial charge is 0.333 e. The number of hydrogen-bond donors (Lipinski definition) is 2. The third-order valence-electron chi connectivity index (χ3n) is 14.6. The minimum Gasteiger partial charge on any atom is -0.352 e. The lowest BCUT2D eigenvalue weighted by Crippen LogP contribution is -2.65. The second-order valence-corrected chi connectivity index (χ2v) is 18.7. The maximum Gasteiger partial charge on any atom is 0.333 e. The predicted octanol–water partition coefficient (Wildman–Crippen LogP) is 7.69. The van der Waals surface area contributed by atoms with Crippen molar-refractivity contribution in [2.45, 2.75) is 125 Å². The molecule has 0 spiro atoms. The lowest BCUT2D eigenvalue weighted by atomic mass is 9.33. The minimum absolute atomic E-state index is 0.0310. The molecule has 1 aromatic carbocycles. The van der Waals surface area contributed by atoms with Crippen LogP contribution in [0.1, 0.15) is 118 Å². The number of hydrogen-bond acceptors (Lipinski definition) is 4. The van der Waals surface area contributed by atoms with E-state index >= 15 is 0 Å². The molecule has 4 saturated carbocycles. The molecule has 0 unspecified atom stereocenters. The van der Waals surface area contributed by atoms with Gasteiger partial charge in [-0.1, -0.05) is 90.4 Å². The zero-order chi connectivity index (χ0) is 32.0. The number of nitrogens with two attached hydrogens (primary N) is 1. The Labute approximate surface area is 266 Å². The van der Waals surface area contributed by atoms with Crippen molar-refractivity contribution in [2.24, 2.45) is 55.4 Å². The molecule has 5 aliphatic carbocycles. The van der Waals surface area contributed by atoms with Crippen molar-refractivity contribution >= 4 is 16.2 Å². The second-order valence-electron chi connectivity index (χ2n) is 17.5. The Morgan fingerprint density at radius 2 is 1.59 bits per heavy atom. The molecule has 0 heterocycles. The van der Waals surface area contributed by atoms with Crippen LogP contribution in [0.5, 0.6) is 0 Å². The largest absolute Gasteiger partial charge is 0.352 e. The number of allylic oxidation sites excluding steroid dienone is 2. The Bertz CT molecular complexity index is 1440. The van der Waals surface area contributed by atoms with Crippen molar-refractivity contribution in [2.75, 3.05) is 0 Å². The van der Waals surface area contributed by atoms with Crippen LogP contribution in [0.2, 0.25) is 0 Å². The van der Waals surface area contributed by atoms with Crippen LogP contribution in [0.25, 0.3) is 0 Å². The number of fused-ring (bicyclic) bond motifs is 7. The summed E-state index contributed by atoms with van der Waals surface area (Å²) in [5.74, 6) is 1.36. The van der Waals surface area contributed by atoms with E-state index in [1.54, 1.807) is 5.57 Å². The Balaban J connectivity index is 1.34. The molecule has 0 aromatic heterocycles. The molecule has 0 aliphatic heterocycles. The Morgan fingerprint density at radius 3 is 2.27 bits per heavy atom. The molecule has 0 saturated heterocycles. The van der Waals surface area contributed by atoms with Gasteiger partial charge in [-0.25, -0.2) is 5.14 Å². The highest BCUT2D eigenvalue weighted by Gasteiger charge is 2.69. The summed E-state index contributed by atoms with van der Waals surface area (Å²) in [6, 6.07) is 10.3. The van der Waals surface area contributed by atoms with E-state index in [2.05, 4.69) is 72.0 Å². The summed E-state index contributed by atoms with van der Waals surface area (Å²) in [5.41, 5.74) is 2.51. The maximum absolute atomic E-state index is 14.3. The average Bonchev–Trinajstić information content (AvgIpc) is 2.93. The monoisotopic (exact) mass is 624 g/mol. The summed E-state index contributed by atoms with van der Waals surface area (Å²) < 4.78 is 29.5. The molecule has 0 radical (unpaired) electrons. The normalized spacial score (nSPS) is 42.5. The third kappa shape index (κ3) is 4.85. The summed E-state index contributed by atoms with van der Waals surface area (Å²) in [6.45, 7) is 17.4. The fourth-order valence-corrected chi connectivity index (χ4v) is 12.6. The van der Waals surface area contributed by atoms with E-state index in [0.29, 0.717) is 24.8 Å². The number of nitrogens with one attached hydrogen (secondary N) is 1. The van der Waals surface area contributed by atoms with Gasteiger partial charge in [-0.2, -0.15) is 8.42 Å². The Hall–Kier alpha value is -1.70. The van der Waals surface area contributed by atoms with E-state index in [9.17, 15) is 13.2 Å². The zero-order valence-electron chi connectivity index (χ0n) is 28.2. The number of carbonyl (C=O) groups excluding carboxylic acids is 1. The van der Waals surface area contributed by atoms with Gasteiger partial charge < -0.3 is 5.32 Å². The van der Waals surface area contributed by atoms with E-state index in [0.717, 1.165) is 63.4 Å². The summed E-state index contributed by atoms with van der Waals surface area (Å²) >= 11 is 0. The van der Waals surface area contributed by atoms with Gasteiger partial charge >= 0.3 is 10.3 Å². The van der Waals surface area contributed by atoms with Gasteiger partial charge in [0.05, 0.1) is 11.5 Å². The van der Waals surface area contributed by atoms with Crippen LogP contribution in [-0.4, -0.2) is 20.4 Å². The van der Waals surface area contributed by atoms with Gasteiger partial charge in [0.2, 0.25) is 5.91 Å². The third-order valence-corrected chi connectivity index (χ3v) is 15.1. The summed E-state index contributed by atoms with van der Waals surface area (Å²) in [4.78, 5) is 14.3. The van der Waals surface area contributed by atoms with Gasteiger partial charge in [-0.3, -0.25) is 8.98 Å². The van der Waals surface area contributed by atoms with E-state index in [1.807, 2.05) is 18.2 Å². The first-order chi connectivity index (χ1) is 20.4. The van der Waals surface area contributed by atoms with Gasteiger partial charge in [0, 0.05) is 6.54 Å². The van der Waals surface area contributed by atoms with Crippen molar-refractivity contribution in [3.63, 3.8) is 0 Å². The quantitative estimate of drug-likeness (QED) is 0.328. The molecule has 6 rings (SSSR count). The standard InChI is InChI=1S/C37H56N2O4S/c1-32(2)19-21-37(31(40)39-24-25-11-9-8-10-12-25)22-20-35(6)26(27(37)23-32)13-14-29-34(5)17-16-30(43-44(38,41)42)33(3,4)28(34)15-18-36(29,35)7/h8-13,27-30H,14-24H2,1-7H3,(H,39,40)(H2,38,41,42)/t27-,28-,29+,30-,34-,35+,36+,37-/m0/s1. The molecule has 8 atom stereocenters. The maximum atomic E-state index is 14.3. The van der Waals surface area contributed by atoms with E-state index in [-0.39, 0.29) is 50.4 Å². The number of benzene rings is 1. The first-order valence-electron chi connectivity index (χ1n) is 17.1. The molecule has 1 amide bonds. The SMILES string of the molecule is CC1(C)CC[C@]2(C(=O)NCc3ccccc3)CC[C@]3(C)C(=CC[C@@H]4[C@@]5(C)CC[C@H](OS(N)(=O)=O)C(C)(C)[C@@H]5CC[C@]43C)[C@@H]2C1. The average molecular weight is 625 g/mol. The van der Waals surface area contributed by atoms with Gasteiger partial charge in [0.15, 0.2) is 0 Å². The van der Waals surface area contributed by atoms with Gasteiger partial charge in [-0.05, 0) is 115 Å². The van der Waals surface area contributed by atoms with Gasteiger partial charge in [0.25, 0.3) is 0 Å². The molecular weight excluding hydrogens is 568 g/mol. The van der Waals surface area contributed by atoms with Crippen LogP contribution in [0.4, 0.5) is 0 Å².